The van der Waals surface area contributed by atoms with E-state index in [1.165, 1.54) is 19.3 Å². The Hall–Kier alpha value is -0.0800. The summed E-state index contributed by atoms with van der Waals surface area (Å²) in [5.41, 5.74) is 0.316. The van der Waals surface area contributed by atoms with Crippen LogP contribution in [0.3, 0.4) is 0 Å². The minimum Gasteiger partial charge on any atom is -0.392 e. The van der Waals surface area contributed by atoms with Gasteiger partial charge >= 0.3 is 0 Å². The molecule has 2 atom stereocenters. The quantitative estimate of drug-likeness (QED) is 0.647. The maximum atomic E-state index is 9.24. The molecule has 0 spiro atoms. The fraction of sp³-hybridized carbons (Fsp3) is 1.00. The van der Waals surface area contributed by atoms with Crippen LogP contribution in [-0.4, -0.2) is 22.8 Å². The number of hydrogen-bond acceptors (Lipinski definition) is 2. The van der Waals surface area contributed by atoms with Crippen molar-refractivity contribution >= 4 is 0 Å². The van der Waals surface area contributed by atoms with Crippen LogP contribution in [0.5, 0.6) is 0 Å². The molecule has 1 saturated carbocycles. The van der Waals surface area contributed by atoms with E-state index < -0.39 is 0 Å². The lowest BCUT2D eigenvalue weighted by Gasteiger charge is -2.42. The molecule has 0 amide bonds. The summed E-state index contributed by atoms with van der Waals surface area (Å²) in [6.45, 7) is 6.10. The summed E-state index contributed by atoms with van der Waals surface area (Å²) >= 11 is 0. The Morgan fingerprint density at radius 3 is 2.18 bits per heavy atom. The van der Waals surface area contributed by atoms with Crippen LogP contribution < -0.4 is 5.32 Å². The number of hydrogen-bond donors (Lipinski definition) is 2. The molecule has 2 heteroatoms. The SMILES string of the molecule is CC(O)C(C)NC1(C)CCC1. The van der Waals surface area contributed by atoms with Crippen molar-refractivity contribution in [2.75, 3.05) is 0 Å². The van der Waals surface area contributed by atoms with Crippen LogP contribution in [0.15, 0.2) is 0 Å². The second kappa shape index (κ2) is 3.11. The molecule has 0 bridgehead atoms. The maximum absolute atomic E-state index is 9.24. The highest BCUT2D eigenvalue weighted by molar-refractivity contribution is 4.93. The first-order valence-corrected chi connectivity index (χ1v) is 4.49. The van der Waals surface area contributed by atoms with Gasteiger partial charge in [0.2, 0.25) is 0 Å². The molecule has 1 fully saturated rings. The van der Waals surface area contributed by atoms with E-state index in [4.69, 9.17) is 0 Å². The van der Waals surface area contributed by atoms with Crippen LogP contribution in [0, 0.1) is 0 Å². The van der Waals surface area contributed by atoms with Gasteiger partial charge in [0.1, 0.15) is 0 Å². The third-order valence-corrected chi connectivity index (χ3v) is 2.76. The minimum atomic E-state index is -0.243. The molecule has 11 heavy (non-hydrogen) atoms. The highest BCUT2D eigenvalue weighted by Crippen LogP contribution is 2.31. The predicted molar refractivity (Wildman–Crippen MR) is 46.5 cm³/mol. The van der Waals surface area contributed by atoms with Crippen LogP contribution in [-0.2, 0) is 0 Å². The summed E-state index contributed by atoms with van der Waals surface area (Å²) in [4.78, 5) is 0. The number of aliphatic hydroxyl groups excluding tert-OH is 1. The van der Waals surface area contributed by atoms with Crippen molar-refractivity contribution in [3.63, 3.8) is 0 Å². The van der Waals surface area contributed by atoms with Gasteiger partial charge in [-0.15, -0.1) is 0 Å². The smallest absolute Gasteiger partial charge is 0.0662 e. The molecule has 66 valence electrons. The lowest BCUT2D eigenvalue weighted by molar-refractivity contribution is 0.104. The average molecular weight is 157 g/mol. The van der Waals surface area contributed by atoms with E-state index in [-0.39, 0.29) is 12.1 Å². The number of nitrogens with one attached hydrogen (secondary N) is 1. The summed E-state index contributed by atoms with van der Waals surface area (Å²) in [5, 5.41) is 12.7. The molecule has 0 heterocycles. The Morgan fingerprint density at radius 1 is 1.36 bits per heavy atom. The van der Waals surface area contributed by atoms with Crippen molar-refractivity contribution in [3.8, 4) is 0 Å². The summed E-state index contributed by atoms with van der Waals surface area (Å²) in [6, 6.07) is 0.222. The molecule has 2 unspecified atom stereocenters. The molecular weight excluding hydrogens is 138 g/mol. The Labute approximate surface area is 69.0 Å². The third-order valence-electron chi connectivity index (χ3n) is 2.76. The topological polar surface area (TPSA) is 32.3 Å². The first-order valence-electron chi connectivity index (χ1n) is 4.49. The molecule has 0 aromatic heterocycles. The number of aliphatic hydroxyl groups is 1. The maximum Gasteiger partial charge on any atom is 0.0662 e. The molecule has 0 aromatic carbocycles. The normalized spacial score (nSPS) is 27.3. The van der Waals surface area contributed by atoms with Crippen LogP contribution >= 0.6 is 0 Å². The second-order valence-corrected chi connectivity index (χ2v) is 4.09. The third kappa shape index (κ3) is 2.17. The standard InChI is InChI=1S/C9H19NO/c1-7(8(2)11)10-9(3)5-4-6-9/h7-8,10-11H,4-6H2,1-3H3. The van der Waals surface area contributed by atoms with Gasteiger partial charge in [0.15, 0.2) is 0 Å². The molecule has 0 saturated heterocycles. The van der Waals surface area contributed by atoms with Crippen molar-refractivity contribution in [3.05, 3.63) is 0 Å². The van der Waals surface area contributed by atoms with E-state index in [1.807, 2.05) is 13.8 Å². The monoisotopic (exact) mass is 157 g/mol. The molecule has 2 N–H and O–H groups in total. The van der Waals surface area contributed by atoms with Gasteiger partial charge in [-0.3, -0.25) is 0 Å². The van der Waals surface area contributed by atoms with Gasteiger partial charge in [-0.05, 0) is 40.0 Å². The first-order chi connectivity index (χ1) is 5.03. The largest absolute Gasteiger partial charge is 0.392 e. The fourth-order valence-electron chi connectivity index (χ4n) is 1.52. The summed E-state index contributed by atoms with van der Waals surface area (Å²) in [7, 11) is 0. The lowest BCUT2D eigenvalue weighted by Crippen LogP contribution is -2.54. The Kier molecular flexibility index (Phi) is 2.55. The van der Waals surface area contributed by atoms with Gasteiger partial charge in [-0.1, -0.05) is 0 Å². The molecule has 1 rings (SSSR count). The summed E-state index contributed by atoms with van der Waals surface area (Å²) < 4.78 is 0. The highest BCUT2D eigenvalue weighted by atomic mass is 16.3. The Morgan fingerprint density at radius 2 is 1.91 bits per heavy atom. The second-order valence-electron chi connectivity index (χ2n) is 4.09. The van der Waals surface area contributed by atoms with Crippen LogP contribution in [0.1, 0.15) is 40.0 Å². The molecule has 2 nitrogen and oxygen atoms in total. The van der Waals surface area contributed by atoms with Crippen molar-refractivity contribution in [1.82, 2.24) is 5.32 Å². The molecule has 0 aliphatic heterocycles. The van der Waals surface area contributed by atoms with E-state index >= 15 is 0 Å². The van der Waals surface area contributed by atoms with Crippen molar-refractivity contribution in [1.29, 1.82) is 0 Å². The number of rotatable bonds is 3. The lowest BCUT2D eigenvalue weighted by atomic mass is 9.78. The van der Waals surface area contributed by atoms with Gasteiger partial charge in [0.25, 0.3) is 0 Å². The van der Waals surface area contributed by atoms with Crippen LogP contribution in [0.2, 0.25) is 0 Å². The van der Waals surface area contributed by atoms with Gasteiger partial charge in [-0.25, -0.2) is 0 Å². The van der Waals surface area contributed by atoms with E-state index in [0.717, 1.165) is 0 Å². The Bertz CT molecular complexity index is 130. The summed E-state index contributed by atoms with van der Waals surface area (Å²) in [5.74, 6) is 0. The predicted octanol–water partition coefficient (Wildman–Crippen LogP) is 1.29. The van der Waals surface area contributed by atoms with Gasteiger partial charge in [0.05, 0.1) is 6.10 Å². The molecule has 0 radical (unpaired) electrons. The van der Waals surface area contributed by atoms with Crippen LogP contribution in [0.4, 0.5) is 0 Å². The van der Waals surface area contributed by atoms with E-state index in [9.17, 15) is 5.11 Å². The van der Waals surface area contributed by atoms with Crippen molar-refractivity contribution < 1.29 is 5.11 Å². The molecular formula is C9H19NO. The zero-order valence-corrected chi connectivity index (χ0v) is 7.72. The highest BCUT2D eigenvalue weighted by Gasteiger charge is 2.33. The van der Waals surface area contributed by atoms with Gasteiger partial charge < -0.3 is 10.4 Å². The van der Waals surface area contributed by atoms with E-state index in [1.54, 1.807) is 0 Å². The molecule has 1 aliphatic carbocycles. The molecule has 1 aliphatic rings. The summed E-state index contributed by atoms with van der Waals surface area (Å²) in [6.07, 6.45) is 3.59. The first kappa shape index (κ1) is 9.01. The molecule has 0 aromatic rings. The van der Waals surface area contributed by atoms with Gasteiger partial charge in [-0.2, -0.15) is 0 Å². The van der Waals surface area contributed by atoms with Crippen molar-refractivity contribution in [2.24, 2.45) is 0 Å². The zero-order valence-electron chi connectivity index (χ0n) is 7.72. The van der Waals surface area contributed by atoms with E-state index in [0.29, 0.717) is 5.54 Å². The Balaban J connectivity index is 2.29. The van der Waals surface area contributed by atoms with E-state index in [2.05, 4.69) is 12.2 Å². The van der Waals surface area contributed by atoms with Gasteiger partial charge in [0, 0.05) is 11.6 Å². The fourth-order valence-corrected chi connectivity index (χ4v) is 1.52. The average Bonchev–Trinajstić information content (AvgIpc) is 1.84. The van der Waals surface area contributed by atoms with Crippen molar-refractivity contribution in [2.45, 2.75) is 57.7 Å². The minimum absolute atomic E-state index is 0.222. The van der Waals surface area contributed by atoms with Crippen LogP contribution in [0.25, 0.3) is 0 Å². The zero-order chi connectivity index (χ0) is 8.48.